The van der Waals surface area contributed by atoms with E-state index in [0.717, 1.165) is 24.9 Å². The molecule has 0 saturated carbocycles. The van der Waals surface area contributed by atoms with Crippen LogP contribution in [0.5, 0.6) is 0 Å². The Kier molecular flexibility index (Phi) is 4.99. The van der Waals surface area contributed by atoms with Crippen LogP contribution in [0.15, 0.2) is 16.7 Å². The fourth-order valence-corrected chi connectivity index (χ4v) is 3.63. The lowest BCUT2D eigenvalue weighted by Gasteiger charge is -2.25. The van der Waals surface area contributed by atoms with Gasteiger partial charge in [-0.1, -0.05) is 13.8 Å². The molecule has 3 rings (SSSR count). The Balaban J connectivity index is 1.59. The van der Waals surface area contributed by atoms with Crippen LogP contribution in [-0.2, 0) is 13.1 Å². The van der Waals surface area contributed by atoms with Gasteiger partial charge in [0, 0.05) is 30.7 Å². The fraction of sp³-hybridized carbons (Fsp3) is 0.765. The lowest BCUT2D eigenvalue weighted by molar-refractivity contribution is 0.214. The second-order valence-corrected chi connectivity index (χ2v) is 6.83. The molecule has 2 aliphatic heterocycles. The van der Waals surface area contributed by atoms with E-state index in [4.69, 9.17) is 4.42 Å². The SMILES string of the molecule is CC(C)NCc1occc1CN1CCCN2CCCC2C1. The summed E-state index contributed by atoms with van der Waals surface area (Å²) in [5.41, 5.74) is 1.36. The highest BCUT2D eigenvalue weighted by molar-refractivity contribution is 5.17. The molecule has 0 aliphatic carbocycles. The molecule has 0 bridgehead atoms. The van der Waals surface area contributed by atoms with Crippen molar-refractivity contribution in [1.29, 1.82) is 0 Å². The van der Waals surface area contributed by atoms with E-state index in [1.165, 1.54) is 51.0 Å². The molecular weight excluding hydrogens is 262 g/mol. The summed E-state index contributed by atoms with van der Waals surface area (Å²) in [6.45, 7) is 11.3. The van der Waals surface area contributed by atoms with Crippen molar-refractivity contribution in [3.8, 4) is 0 Å². The summed E-state index contributed by atoms with van der Waals surface area (Å²) >= 11 is 0. The predicted octanol–water partition coefficient (Wildman–Crippen LogP) is 2.45. The highest BCUT2D eigenvalue weighted by Gasteiger charge is 2.28. The second-order valence-electron chi connectivity index (χ2n) is 6.83. The Bertz CT molecular complexity index is 443. The van der Waals surface area contributed by atoms with Crippen molar-refractivity contribution in [2.45, 2.75) is 58.3 Å². The summed E-state index contributed by atoms with van der Waals surface area (Å²) in [6.07, 6.45) is 5.90. The zero-order valence-electron chi connectivity index (χ0n) is 13.5. The number of furan rings is 1. The van der Waals surface area contributed by atoms with Gasteiger partial charge in [0.15, 0.2) is 0 Å². The van der Waals surface area contributed by atoms with Crippen molar-refractivity contribution in [2.24, 2.45) is 0 Å². The third-order valence-electron chi connectivity index (χ3n) is 4.79. The number of hydrogen-bond donors (Lipinski definition) is 1. The summed E-state index contributed by atoms with van der Waals surface area (Å²) in [6, 6.07) is 3.43. The molecule has 21 heavy (non-hydrogen) atoms. The summed E-state index contributed by atoms with van der Waals surface area (Å²) in [4.78, 5) is 5.32. The monoisotopic (exact) mass is 291 g/mol. The highest BCUT2D eigenvalue weighted by Crippen LogP contribution is 2.23. The zero-order chi connectivity index (χ0) is 14.7. The number of rotatable bonds is 5. The van der Waals surface area contributed by atoms with E-state index in [1.807, 2.05) is 6.26 Å². The second kappa shape index (κ2) is 6.95. The van der Waals surface area contributed by atoms with Gasteiger partial charge in [-0.25, -0.2) is 0 Å². The molecule has 4 heteroatoms. The molecule has 1 atom stereocenters. The minimum absolute atomic E-state index is 0.494. The standard InChI is InChI=1S/C17H29N3O/c1-14(2)18-11-17-15(6-10-21-17)12-19-7-4-9-20-8-3-5-16(20)13-19/h6,10,14,16,18H,3-5,7-9,11-13H2,1-2H3. The van der Waals surface area contributed by atoms with Gasteiger partial charge in [-0.3, -0.25) is 9.80 Å². The quantitative estimate of drug-likeness (QED) is 0.903. The molecule has 2 fully saturated rings. The maximum atomic E-state index is 5.67. The fourth-order valence-electron chi connectivity index (χ4n) is 3.63. The topological polar surface area (TPSA) is 31.7 Å². The van der Waals surface area contributed by atoms with E-state index in [9.17, 15) is 0 Å². The number of nitrogens with zero attached hydrogens (tertiary/aromatic N) is 2. The summed E-state index contributed by atoms with van der Waals surface area (Å²) in [5, 5.41) is 3.45. The molecule has 0 aromatic carbocycles. The largest absolute Gasteiger partial charge is 0.468 e. The summed E-state index contributed by atoms with van der Waals surface area (Å²) < 4.78 is 5.67. The van der Waals surface area contributed by atoms with Crippen molar-refractivity contribution in [1.82, 2.24) is 15.1 Å². The van der Waals surface area contributed by atoms with E-state index in [1.54, 1.807) is 0 Å². The Morgan fingerprint density at radius 1 is 1.29 bits per heavy atom. The van der Waals surface area contributed by atoms with Crippen LogP contribution in [0.2, 0.25) is 0 Å². The van der Waals surface area contributed by atoms with Crippen molar-refractivity contribution in [3.63, 3.8) is 0 Å². The first-order valence-corrected chi connectivity index (χ1v) is 8.47. The molecule has 2 saturated heterocycles. The van der Waals surface area contributed by atoms with E-state index in [0.29, 0.717) is 6.04 Å². The van der Waals surface area contributed by atoms with Crippen molar-refractivity contribution < 1.29 is 4.42 Å². The molecule has 0 radical (unpaired) electrons. The van der Waals surface area contributed by atoms with E-state index in [-0.39, 0.29) is 0 Å². The number of nitrogens with one attached hydrogen (secondary N) is 1. The van der Waals surface area contributed by atoms with Crippen LogP contribution in [0.25, 0.3) is 0 Å². The van der Waals surface area contributed by atoms with Crippen LogP contribution < -0.4 is 5.32 Å². The van der Waals surface area contributed by atoms with Gasteiger partial charge in [0.25, 0.3) is 0 Å². The van der Waals surface area contributed by atoms with Gasteiger partial charge >= 0.3 is 0 Å². The van der Waals surface area contributed by atoms with Gasteiger partial charge < -0.3 is 9.73 Å². The van der Waals surface area contributed by atoms with Gasteiger partial charge in [-0.15, -0.1) is 0 Å². The lowest BCUT2D eigenvalue weighted by Crippen LogP contribution is -2.36. The molecule has 1 aromatic heterocycles. The zero-order valence-corrected chi connectivity index (χ0v) is 13.5. The van der Waals surface area contributed by atoms with Crippen molar-refractivity contribution in [3.05, 3.63) is 23.7 Å². The molecule has 1 N–H and O–H groups in total. The maximum absolute atomic E-state index is 5.67. The van der Waals surface area contributed by atoms with Gasteiger partial charge in [0.2, 0.25) is 0 Å². The first-order valence-electron chi connectivity index (χ1n) is 8.47. The molecule has 1 aromatic rings. The summed E-state index contributed by atoms with van der Waals surface area (Å²) in [5.74, 6) is 1.11. The maximum Gasteiger partial charge on any atom is 0.122 e. The molecule has 118 valence electrons. The molecule has 0 spiro atoms. The van der Waals surface area contributed by atoms with Crippen LogP contribution >= 0.6 is 0 Å². The number of fused-ring (bicyclic) bond motifs is 1. The third kappa shape index (κ3) is 3.87. The van der Waals surface area contributed by atoms with Crippen LogP contribution in [0, 0.1) is 0 Å². The Morgan fingerprint density at radius 3 is 3.00 bits per heavy atom. The van der Waals surface area contributed by atoms with E-state index < -0.39 is 0 Å². The van der Waals surface area contributed by atoms with Crippen molar-refractivity contribution in [2.75, 3.05) is 26.2 Å². The smallest absolute Gasteiger partial charge is 0.122 e. The average molecular weight is 291 g/mol. The molecule has 0 amide bonds. The molecular formula is C17H29N3O. The minimum Gasteiger partial charge on any atom is -0.468 e. The Labute approximate surface area is 128 Å². The highest BCUT2D eigenvalue weighted by atomic mass is 16.3. The molecule has 2 aliphatic rings. The minimum atomic E-state index is 0.494. The third-order valence-corrected chi connectivity index (χ3v) is 4.79. The van der Waals surface area contributed by atoms with Crippen LogP contribution in [0.4, 0.5) is 0 Å². The van der Waals surface area contributed by atoms with Crippen LogP contribution in [-0.4, -0.2) is 48.1 Å². The number of hydrogen-bond acceptors (Lipinski definition) is 4. The van der Waals surface area contributed by atoms with Gasteiger partial charge in [-0.05, 0) is 45.0 Å². The first-order chi connectivity index (χ1) is 10.2. The average Bonchev–Trinajstić information content (AvgIpc) is 3.02. The van der Waals surface area contributed by atoms with E-state index in [2.05, 4.69) is 35.0 Å². The molecule has 1 unspecified atom stereocenters. The van der Waals surface area contributed by atoms with Gasteiger partial charge in [0.1, 0.15) is 5.76 Å². The van der Waals surface area contributed by atoms with Gasteiger partial charge in [0.05, 0.1) is 12.8 Å². The predicted molar refractivity (Wildman–Crippen MR) is 85.2 cm³/mol. The van der Waals surface area contributed by atoms with Crippen LogP contribution in [0.1, 0.15) is 44.4 Å². The Morgan fingerprint density at radius 2 is 2.14 bits per heavy atom. The molecule has 4 nitrogen and oxygen atoms in total. The normalized spacial score (nSPS) is 24.4. The van der Waals surface area contributed by atoms with Crippen molar-refractivity contribution >= 4 is 0 Å². The first kappa shape index (κ1) is 15.1. The Hall–Kier alpha value is -0.840. The lowest BCUT2D eigenvalue weighted by atomic mass is 10.2. The molecule has 3 heterocycles. The van der Waals surface area contributed by atoms with E-state index >= 15 is 0 Å². The van der Waals surface area contributed by atoms with Gasteiger partial charge in [-0.2, -0.15) is 0 Å². The van der Waals surface area contributed by atoms with Crippen LogP contribution in [0.3, 0.4) is 0 Å². The summed E-state index contributed by atoms with van der Waals surface area (Å²) in [7, 11) is 0.